The first kappa shape index (κ1) is 30.6. The smallest absolute Gasteiger partial charge is 0.416 e. The van der Waals surface area contributed by atoms with Crippen molar-refractivity contribution in [1.29, 1.82) is 0 Å². The largest absolute Gasteiger partial charge is 0.497 e. The molecule has 3 aliphatic heterocycles. The van der Waals surface area contributed by atoms with E-state index in [9.17, 15) is 35.9 Å². The van der Waals surface area contributed by atoms with Gasteiger partial charge in [-0.25, -0.2) is 0 Å². The minimum absolute atomic E-state index is 0.00556. The average Bonchev–Trinajstić information content (AvgIpc) is 3.03. The van der Waals surface area contributed by atoms with E-state index in [0.29, 0.717) is 29.3 Å². The zero-order valence-electron chi connectivity index (χ0n) is 23.9. The van der Waals surface area contributed by atoms with Crippen LogP contribution in [0.5, 0.6) is 5.75 Å². The molecule has 2 N–H and O–H groups in total. The zero-order chi connectivity index (χ0) is 32.3. The maximum absolute atomic E-state index is 13.5. The first-order valence-corrected chi connectivity index (χ1v) is 14.2. The van der Waals surface area contributed by atoms with Crippen LogP contribution in [0.4, 0.5) is 43.4 Å². The maximum atomic E-state index is 13.5. The summed E-state index contributed by atoms with van der Waals surface area (Å²) in [5.41, 5.74) is -4.95. The molecule has 236 valence electrons. The normalized spacial score (nSPS) is 22.4. The number of nitrogens with zero attached hydrogens (tertiary/aromatic N) is 2. The molecule has 0 saturated carbocycles. The van der Waals surface area contributed by atoms with Gasteiger partial charge in [0.25, 0.3) is 10.9 Å². The second-order valence-electron chi connectivity index (χ2n) is 11.5. The quantitative estimate of drug-likeness (QED) is 0.128. The Labute approximate surface area is 253 Å². The van der Waals surface area contributed by atoms with Crippen LogP contribution in [0, 0.1) is 11.8 Å². The number of ether oxygens (including phenoxy) is 1. The number of halogens is 6. The highest BCUT2D eigenvalue weighted by atomic mass is 19.4. The molecule has 7 rings (SSSR count). The molecule has 0 radical (unpaired) electrons. The second-order valence-corrected chi connectivity index (χ2v) is 11.5. The van der Waals surface area contributed by atoms with Crippen LogP contribution in [0.2, 0.25) is 0 Å². The maximum Gasteiger partial charge on any atom is 0.416 e. The van der Waals surface area contributed by atoms with Gasteiger partial charge >= 0.3 is 12.4 Å². The van der Waals surface area contributed by atoms with E-state index in [4.69, 9.17) is 4.74 Å². The monoisotopic (exact) mass is 630 g/mol. The highest BCUT2D eigenvalue weighted by Gasteiger charge is 2.44. The molecule has 1 aromatic heterocycles. The van der Waals surface area contributed by atoms with Crippen LogP contribution in [0.1, 0.15) is 35.6 Å². The van der Waals surface area contributed by atoms with Crippen LogP contribution in [0.25, 0.3) is 10.9 Å². The van der Waals surface area contributed by atoms with Crippen molar-refractivity contribution in [3.05, 3.63) is 98.5 Å². The number of pyridine rings is 1. The van der Waals surface area contributed by atoms with Crippen LogP contribution in [-0.4, -0.2) is 36.1 Å². The van der Waals surface area contributed by atoms with E-state index in [-0.39, 0.29) is 23.7 Å². The number of benzene rings is 2. The molecular formula is C32H28F6N4O3. The summed E-state index contributed by atoms with van der Waals surface area (Å²) in [5, 5.41) is 6.30. The average molecular weight is 631 g/mol. The number of rotatable bonds is 8. The minimum atomic E-state index is -5.08. The number of fused-ring (bicyclic) bond motifs is 4. The van der Waals surface area contributed by atoms with E-state index in [1.54, 1.807) is 30.5 Å². The van der Waals surface area contributed by atoms with E-state index < -0.39 is 51.8 Å². The molecule has 4 aromatic rings. The third-order valence-electron chi connectivity index (χ3n) is 8.92. The van der Waals surface area contributed by atoms with Gasteiger partial charge in [-0.1, -0.05) is 6.08 Å². The Balaban J connectivity index is 1.43. The molecule has 3 fully saturated rings. The molecule has 5 atom stereocenters. The Hall–Kier alpha value is -4.39. The molecule has 4 heterocycles. The molecule has 3 aromatic carbocycles. The van der Waals surface area contributed by atoms with Crippen LogP contribution in [0.3, 0.4) is 0 Å². The van der Waals surface area contributed by atoms with Gasteiger partial charge in [-0.2, -0.15) is 26.3 Å². The number of hydrogen-bond acceptors (Lipinski definition) is 7. The van der Waals surface area contributed by atoms with Crippen molar-refractivity contribution in [3.8, 4) is 5.75 Å². The molecule has 0 amide bonds. The Morgan fingerprint density at radius 3 is 2.29 bits per heavy atom. The van der Waals surface area contributed by atoms with Crippen molar-refractivity contribution >= 4 is 28.0 Å². The number of aromatic nitrogens is 1. The summed E-state index contributed by atoms with van der Waals surface area (Å²) in [4.78, 5) is 32.4. The zero-order valence-corrected chi connectivity index (χ0v) is 23.9. The molecule has 3 aliphatic rings. The highest BCUT2D eigenvalue weighted by Crippen LogP contribution is 2.44. The summed E-state index contributed by atoms with van der Waals surface area (Å²) >= 11 is 0. The van der Waals surface area contributed by atoms with Crippen molar-refractivity contribution in [2.24, 2.45) is 11.8 Å². The van der Waals surface area contributed by atoms with Crippen molar-refractivity contribution in [1.82, 2.24) is 9.88 Å². The van der Waals surface area contributed by atoms with Gasteiger partial charge < -0.3 is 15.4 Å². The third-order valence-corrected chi connectivity index (χ3v) is 8.92. The topological polar surface area (TPSA) is 83.6 Å². The Bertz CT molecular complexity index is 1810. The van der Waals surface area contributed by atoms with E-state index in [2.05, 4.69) is 27.1 Å². The molecule has 0 aliphatic carbocycles. The summed E-state index contributed by atoms with van der Waals surface area (Å²) in [7, 11) is 1.52. The lowest BCUT2D eigenvalue weighted by Gasteiger charge is -2.52. The SMILES string of the molecule is C=C[C@H]1CN2CCC1C[C@H]2[C@H](Nc1c(Nc2cc(C(F)(F)F)cc(C(F)(F)F)c2)c(=O)c1=O)c1ccnc2ccc(OC)cc12. The molecule has 45 heavy (non-hydrogen) atoms. The van der Waals surface area contributed by atoms with Gasteiger partial charge in [-0.15, -0.1) is 6.58 Å². The predicted octanol–water partition coefficient (Wildman–Crippen LogP) is 6.67. The number of nitrogens with one attached hydrogen (secondary N) is 2. The summed E-state index contributed by atoms with van der Waals surface area (Å²) in [6.07, 6.45) is -4.94. The molecule has 2 bridgehead atoms. The van der Waals surface area contributed by atoms with Gasteiger partial charge in [0.15, 0.2) is 0 Å². The van der Waals surface area contributed by atoms with Gasteiger partial charge in [0.05, 0.1) is 29.8 Å². The van der Waals surface area contributed by atoms with Gasteiger partial charge in [0.2, 0.25) is 0 Å². The van der Waals surface area contributed by atoms with Gasteiger partial charge in [0.1, 0.15) is 17.1 Å². The fourth-order valence-corrected chi connectivity index (χ4v) is 6.63. The lowest BCUT2D eigenvalue weighted by atomic mass is 9.73. The lowest BCUT2D eigenvalue weighted by Crippen LogP contribution is -2.56. The highest BCUT2D eigenvalue weighted by molar-refractivity contribution is 5.85. The number of alkyl halides is 6. The van der Waals surface area contributed by atoms with E-state index in [1.807, 2.05) is 6.08 Å². The molecular weight excluding hydrogens is 602 g/mol. The van der Waals surface area contributed by atoms with Crippen LogP contribution in [-0.2, 0) is 12.4 Å². The van der Waals surface area contributed by atoms with Gasteiger partial charge in [0, 0.05) is 29.9 Å². The summed E-state index contributed by atoms with van der Waals surface area (Å²) < 4.78 is 86.4. The number of methoxy groups -OCH3 is 1. The van der Waals surface area contributed by atoms with Crippen LogP contribution < -0.4 is 26.2 Å². The first-order valence-electron chi connectivity index (χ1n) is 14.2. The second kappa shape index (κ2) is 11.2. The van der Waals surface area contributed by atoms with E-state index in [0.717, 1.165) is 36.9 Å². The van der Waals surface area contributed by atoms with Crippen LogP contribution >= 0.6 is 0 Å². The van der Waals surface area contributed by atoms with Crippen molar-refractivity contribution in [2.75, 3.05) is 30.8 Å². The molecule has 0 spiro atoms. The standard InChI is InChI=1S/C32H28F6N4O3/c1-3-16-15-42-9-7-17(16)10-25(42)26(22-6-8-39-24-5-4-21(45-2)14-23(22)24)41-28-27(29(43)30(28)44)40-20-12-18(31(33,34)35)11-19(13-20)32(36,37)38/h3-6,8,11-14,16-17,25-26,40-41H,1,7,9-10,15H2,2H3/t16-,17?,25-,26+/m0/s1. The summed E-state index contributed by atoms with van der Waals surface area (Å²) in [6.45, 7) is 5.48. The van der Waals surface area contributed by atoms with Crippen molar-refractivity contribution in [2.45, 2.75) is 37.3 Å². The lowest BCUT2D eigenvalue weighted by molar-refractivity contribution is -0.143. The Kier molecular flexibility index (Phi) is 7.62. The third kappa shape index (κ3) is 5.65. The van der Waals surface area contributed by atoms with Gasteiger partial charge in [-0.3, -0.25) is 19.5 Å². The Morgan fingerprint density at radius 1 is 1.00 bits per heavy atom. The number of anilines is 3. The minimum Gasteiger partial charge on any atom is -0.497 e. The Morgan fingerprint density at radius 2 is 1.69 bits per heavy atom. The fraction of sp³-hybridized carbons (Fsp3) is 0.344. The van der Waals surface area contributed by atoms with Gasteiger partial charge in [-0.05, 0) is 79.3 Å². The molecule has 3 saturated heterocycles. The predicted molar refractivity (Wildman–Crippen MR) is 158 cm³/mol. The van der Waals surface area contributed by atoms with E-state index in [1.165, 1.54) is 7.11 Å². The number of piperidine rings is 3. The summed E-state index contributed by atoms with van der Waals surface area (Å²) in [5.74, 6) is 1.16. The van der Waals surface area contributed by atoms with E-state index >= 15 is 0 Å². The van der Waals surface area contributed by atoms with Crippen molar-refractivity contribution < 1.29 is 31.1 Å². The summed E-state index contributed by atoms with van der Waals surface area (Å²) in [6, 6.07) is 7.29. The number of hydrogen-bond donors (Lipinski definition) is 2. The fourth-order valence-electron chi connectivity index (χ4n) is 6.63. The van der Waals surface area contributed by atoms with Crippen LogP contribution in [0.15, 0.2) is 70.9 Å². The first-order chi connectivity index (χ1) is 21.3. The molecule has 13 heteroatoms. The van der Waals surface area contributed by atoms with Crippen molar-refractivity contribution in [3.63, 3.8) is 0 Å². The molecule has 7 nitrogen and oxygen atoms in total. The molecule has 2 unspecified atom stereocenters.